The van der Waals surface area contributed by atoms with Crippen molar-refractivity contribution in [3.8, 4) is 18.1 Å². The number of hydrogen-bond acceptors (Lipinski definition) is 7. The van der Waals surface area contributed by atoms with Crippen LogP contribution in [0.1, 0.15) is 30.9 Å². The molecule has 1 aromatic rings. The number of halogens is 1. The van der Waals surface area contributed by atoms with Crippen LogP contribution in [0, 0.1) is 29.6 Å². The van der Waals surface area contributed by atoms with Crippen LogP contribution < -0.4 is 15.8 Å². The Morgan fingerprint density at radius 3 is 2.97 bits per heavy atom. The molecule has 7 atom stereocenters. The van der Waals surface area contributed by atoms with Gasteiger partial charge in [-0.25, -0.2) is 9.98 Å². The topological polar surface area (TPSA) is 112 Å². The van der Waals surface area contributed by atoms with Crippen molar-refractivity contribution in [2.45, 2.75) is 50.1 Å². The highest BCUT2D eigenvalue weighted by Gasteiger charge is 2.76. The molecule has 2 fully saturated rings. The van der Waals surface area contributed by atoms with Gasteiger partial charge in [-0.3, -0.25) is 5.32 Å². The van der Waals surface area contributed by atoms with Crippen molar-refractivity contribution >= 4 is 22.7 Å². The summed E-state index contributed by atoms with van der Waals surface area (Å²) in [6.07, 6.45) is 7.15. The number of nitrogens with two attached hydrogens (primary N) is 1. The summed E-state index contributed by atoms with van der Waals surface area (Å²) >= 11 is 6.68. The Labute approximate surface area is 180 Å². The van der Waals surface area contributed by atoms with Gasteiger partial charge in [0.25, 0.3) is 0 Å². The average Bonchev–Trinajstić information content (AvgIpc) is 3.02. The standard InChI is InChI=1S/C22H25ClN4O3/c1-3-12-4-5-15-14(8-12)9-16(30-15)22-17(25-20(24)26-19(22)23)18(22)27-21(29)7-6-13(10-28)11(21)2/h1,4-5,8,11,13,16-18,27-29H,6-7,9-10H2,2H3,(H2,24,25). The maximum atomic E-state index is 11.3. The van der Waals surface area contributed by atoms with Crippen molar-refractivity contribution in [3.05, 3.63) is 29.3 Å². The summed E-state index contributed by atoms with van der Waals surface area (Å²) in [6, 6.07) is 5.13. The van der Waals surface area contributed by atoms with Crippen LogP contribution in [0.3, 0.4) is 0 Å². The molecule has 0 spiro atoms. The number of aliphatic imine (C=N–C) groups is 2. The average molecular weight is 429 g/mol. The molecule has 7 nitrogen and oxygen atoms in total. The first-order valence-electron chi connectivity index (χ1n) is 10.3. The molecule has 0 aromatic heterocycles. The molecular formula is C22H25ClN4O3. The van der Waals surface area contributed by atoms with Gasteiger partial charge in [-0.2, -0.15) is 0 Å². The Kier molecular flexibility index (Phi) is 4.42. The number of terminal acetylenes is 1. The fourth-order valence-electron chi connectivity index (χ4n) is 5.51. The molecule has 5 rings (SSSR count). The number of hydrogen-bond donors (Lipinski definition) is 4. The molecule has 0 saturated heterocycles. The van der Waals surface area contributed by atoms with E-state index in [1.807, 2.05) is 25.1 Å². The van der Waals surface area contributed by atoms with Crippen LogP contribution in [-0.2, 0) is 6.42 Å². The van der Waals surface area contributed by atoms with E-state index in [1.54, 1.807) is 0 Å². The lowest BCUT2D eigenvalue weighted by Crippen LogP contribution is -2.52. The van der Waals surface area contributed by atoms with Crippen LogP contribution in [0.2, 0.25) is 0 Å². The Bertz CT molecular complexity index is 1000. The van der Waals surface area contributed by atoms with Crippen LogP contribution >= 0.6 is 11.6 Å². The molecule has 4 aliphatic rings. The molecule has 8 heteroatoms. The zero-order chi connectivity index (χ0) is 21.3. The highest BCUT2D eigenvalue weighted by Crippen LogP contribution is 2.59. The fourth-order valence-corrected chi connectivity index (χ4v) is 5.95. The number of nitrogens with zero attached hydrogens (tertiary/aromatic N) is 2. The van der Waals surface area contributed by atoms with Crippen molar-refractivity contribution < 1.29 is 14.9 Å². The first-order chi connectivity index (χ1) is 14.3. The summed E-state index contributed by atoms with van der Waals surface area (Å²) in [6.45, 7) is 2.01. The van der Waals surface area contributed by atoms with Crippen LogP contribution in [-0.4, -0.2) is 51.9 Å². The molecule has 2 saturated carbocycles. The third kappa shape index (κ3) is 2.64. The number of fused-ring (bicyclic) bond motifs is 2. The monoisotopic (exact) mass is 428 g/mol. The van der Waals surface area contributed by atoms with Crippen LogP contribution in [0.5, 0.6) is 5.75 Å². The van der Waals surface area contributed by atoms with Crippen LogP contribution in [0.25, 0.3) is 0 Å². The Morgan fingerprint density at radius 1 is 1.47 bits per heavy atom. The first-order valence-corrected chi connectivity index (χ1v) is 10.7. The third-order valence-electron chi connectivity index (χ3n) is 7.48. The number of benzene rings is 1. The number of aliphatic hydroxyl groups excluding tert-OH is 1. The van der Waals surface area contributed by atoms with Crippen molar-refractivity contribution in [1.29, 1.82) is 0 Å². The Hall–Kier alpha value is -2.11. The van der Waals surface area contributed by atoms with Gasteiger partial charge in [0.2, 0.25) is 5.96 Å². The van der Waals surface area contributed by atoms with Crippen molar-refractivity contribution in [2.24, 2.45) is 33.0 Å². The summed E-state index contributed by atoms with van der Waals surface area (Å²) in [5.41, 5.74) is 5.89. The van der Waals surface area contributed by atoms with E-state index in [2.05, 4.69) is 21.2 Å². The van der Waals surface area contributed by atoms with E-state index >= 15 is 0 Å². The molecule has 0 radical (unpaired) electrons. The molecule has 2 heterocycles. The smallest absolute Gasteiger partial charge is 0.216 e. The van der Waals surface area contributed by atoms with Crippen molar-refractivity contribution in [3.63, 3.8) is 0 Å². The lowest BCUT2D eigenvalue weighted by Gasteiger charge is -2.32. The fraction of sp³-hybridized carbons (Fsp3) is 0.545. The molecule has 2 aliphatic carbocycles. The second-order valence-corrected chi connectivity index (χ2v) is 9.22. The van der Waals surface area contributed by atoms with Gasteiger partial charge in [-0.1, -0.05) is 24.4 Å². The van der Waals surface area contributed by atoms with E-state index in [0.717, 1.165) is 23.3 Å². The zero-order valence-electron chi connectivity index (χ0n) is 16.7. The minimum atomic E-state index is -1.12. The lowest BCUT2D eigenvalue weighted by atomic mass is 9.91. The largest absolute Gasteiger partial charge is 0.489 e. The molecule has 2 aliphatic heterocycles. The van der Waals surface area contributed by atoms with Gasteiger partial charge in [0.05, 0.1) is 12.1 Å². The molecule has 5 N–H and O–H groups in total. The minimum absolute atomic E-state index is 0.0473. The number of aliphatic hydroxyl groups is 2. The molecule has 0 bridgehead atoms. The molecule has 1 aromatic carbocycles. The predicted molar refractivity (Wildman–Crippen MR) is 114 cm³/mol. The van der Waals surface area contributed by atoms with Crippen molar-refractivity contribution in [1.82, 2.24) is 5.32 Å². The number of rotatable bonds is 4. The summed E-state index contributed by atoms with van der Waals surface area (Å²) in [5, 5.41) is 24.7. The maximum Gasteiger partial charge on any atom is 0.216 e. The normalized spacial score (nSPS) is 41.2. The van der Waals surface area contributed by atoms with Gasteiger partial charge in [-0.05, 0) is 42.5 Å². The van der Waals surface area contributed by atoms with E-state index in [-0.39, 0.29) is 42.6 Å². The van der Waals surface area contributed by atoms with E-state index in [0.29, 0.717) is 18.0 Å². The Balaban J connectivity index is 1.45. The highest BCUT2D eigenvalue weighted by atomic mass is 35.5. The quantitative estimate of drug-likeness (QED) is 0.422. The summed E-state index contributed by atoms with van der Waals surface area (Å²) in [4.78, 5) is 8.78. The number of nitrogens with one attached hydrogen (secondary N) is 1. The number of ether oxygens (including phenoxy) is 1. The van der Waals surface area contributed by atoms with Crippen LogP contribution in [0.4, 0.5) is 0 Å². The Morgan fingerprint density at radius 2 is 2.27 bits per heavy atom. The third-order valence-corrected chi connectivity index (χ3v) is 7.89. The second kappa shape index (κ2) is 6.69. The van der Waals surface area contributed by atoms with Gasteiger partial charge in [0, 0.05) is 24.5 Å². The minimum Gasteiger partial charge on any atom is -0.489 e. The van der Waals surface area contributed by atoms with E-state index in [9.17, 15) is 10.2 Å². The lowest BCUT2D eigenvalue weighted by molar-refractivity contribution is -0.0416. The van der Waals surface area contributed by atoms with Crippen molar-refractivity contribution in [2.75, 3.05) is 6.61 Å². The molecular weight excluding hydrogens is 404 g/mol. The zero-order valence-corrected chi connectivity index (χ0v) is 17.4. The molecule has 158 valence electrons. The van der Waals surface area contributed by atoms with Gasteiger partial charge in [0.15, 0.2) is 0 Å². The van der Waals surface area contributed by atoms with Crippen LogP contribution in [0.15, 0.2) is 28.2 Å². The summed E-state index contributed by atoms with van der Waals surface area (Å²) in [7, 11) is 0. The molecule has 30 heavy (non-hydrogen) atoms. The SMILES string of the molecule is C#Cc1ccc2c(c1)CC(C13C(Cl)=NC(N)=NC1C3NC1(O)CCC(CO)C1C)O2. The summed E-state index contributed by atoms with van der Waals surface area (Å²) < 4.78 is 6.29. The number of guanidine groups is 1. The van der Waals surface area contributed by atoms with Gasteiger partial charge in [0.1, 0.15) is 28.2 Å². The van der Waals surface area contributed by atoms with E-state index in [1.165, 1.54) is 0 Å². The van der Waals surface area contributed by atoms with Gasteiger partial charge in [-0.15, -0.1) is 6.42 Å². The molecule has 7 unspecified atom stereocenters. The highest BCUT2D eigenvalue weighted by molar-refractivity contribution is 6.68. The van der Waals surface area contributed by atoms with E-state index < -0.39 is 11.1 Å². The van der Waals surface area contributed by atoms with Gasteiger partial charge >= 0.3 is 0 Å². The second-order valence-electron chi connectivity index (χ2n) is 8.86. The van der Waals surface area contributed by atoms with Gasteiger partial charge < -0.3 is 20.7 Å². The first kappa shape index (κ1) is 19.8. The molecule has 0 amide bonds. The predicted octanol–water partition coefficient (Wildman–Crippen LogP) is 0.991. The summed E-state index contributed by atoms with van der Waals surface area (Å²) in [5.74, 6) is 3.50. The van der Waals surface area contributed by atoms with E-state index in [4.69, 9.17) is 28.5 Å². The maximum absolute atomic E-state index is 11.3.